The molecule has 0 unspecified atom stereocenters. The van der Waals surface area contributed by atoms with E-state index in [0.29, 0.717) is 17.9 Å². The fourth-order valence-corrected chi connectivity index (χ4v) is 2.86. The Labute approximate surface area is 104 Å². The Hall–Kier alpha value is -1.36. The summed E-state index contributed by atoms with van der Waals surface area (Å²) < 4.78 is 5.23. The topological polar surface area (TPSA) is 51.0 Å². The molecule has 2 aromatic heterocycles. The Morgan fingerprint density at radius 2 is 2.18 bits per heavy atom. The van der Waals surface area contributed by atoms with E-state index in [1.54, 1.807) is 11.3 Å². The van der Waals surface area contributed by atoms with Crippen LogP contribution in [0.4, 0.5) is 6.01 Å². The molecule has 1 saturated carbocycles. The summed E-state index contributed by atoms with van der Waals surface area (Å²) in [5.41, 5.74) is 0. The van der Waals surface area contributed by atoms with E-state index in [4.69, 9.17) is 4.52 Å². The van der Waals surface area contributed by atoms with Crippen LogP contribution in [0, 0.1) is 0 Å². The molecule has 1 aliphatic rings. The van der Waals surface area contributed by atoms with Crippen LogP contribution in [0.3, 0.4) is 0 Å². The molecule has 0 spiro atoms. The predicted molar refractivity (Wildman–Crippen MR) is 68.1 cm³/mol. The molecular formula is C12H15N3OS. The quantitative estimate of drug-likeness (QED) is 0.904. The molecule has 1 aliphatic carbocycles. The molecule has 2 heterocycles. The molecule has 0 radical (unpaired) electrons. The minimum absolute atomic E-state index is 0.500. The number of hydrogen-bond acceptors (Lipinski definition) is 5. The van der Waals surface area contributed by atoms with Crippen molar-refractivity contribution in [2.75, 3.05) is 5.32 Å². The van der Waals surface area contributed by atoms with E-state index in [-0.39, 0.29) is 0 Å². The highest BCUT2D eigenvalue weighted by Gasteiger charge is 2.16. The second-order valence-electron chi connectivity index (χ2n) is 4.38. The van der Waals surface area contributed by atoms with Gasteiger partial charge in [-0.05, 0) is 24.3 Å². The first-order valence-corrected chi connectivity index (χ1v) is 6.94. The third-order valence-corrected chi connectivity index (χ3v) is 3.97. The van der Waals surface area contributed by atoms with Crippen molar-refractivity contribution in [3.63, 3.8) is 0 Å². The normalized spacial score (nSPS) is 17.2. The molecule has 2 aromatic rings. The largest absolute Gasteiger partial charge is 0.335 e. The van der Waals surface area contributed by atoms with Gasteiger partial charge in [0.25, 0.3) is 0 Å². The van der Waals surface area contributed by atoms with Gasteiger partial charge in [-0.1, -0.05) is 30.5 Å². The van der Waals surface area contributed by atoms with Gasteiger partial charge in [0.05, 0.1) is 4.88 Å². The van der Waals surface area contributed by atoms with Crippen molar-refractivity contribution in [2.45, 2.75) is 38.1 Å². The average Bonchev–Trinajstić information content (AvgIpc) is 3.00. The van der Waals surface area contributed by atoms with E-state index in [2.05, 4.69) is 15.5 Å². The number of anilines is 1. The maximum atomic E-state index is 5.23. The summed E-state index contributed by atoms with van der Waals surface area (Å²) in [6, 6.07) is 5.05. The lowest BCUT2D eigenvalue weighted by molar-refractivity contribution is 0.407. The van der Waals surface area contributed by atoms with Gasteiger partial charge in [0, 0.05) is 6.04 Å². The van der Waals surface area contributed by atoms with Crippen molar-refractivity contribution in [3.05, 3.63) is 17.5 Å². The molecule has 0 saturated heterocycles. The minimum atomic E-state index is 0.500. The van der Waals surface area contributed by atoms with Gasteiger partial charge in [0.15, 0.2) is 0 Å². The fraction of sp³-hybridized carbons (Fsp3) is 0.500. The van der Waals surface area contributed by atoms with Gasteiger partial charge in [0.1, 0.15) is 0 Å². The summed E-state index contributed by atoms with van der Waals surface area (Å²) in [5.74, 6) is 0.679. The number of rotatable bonds is 3. The predicted octanol–water partition coefficient (Wildman–Crippen LogP) is 3.54. The smallest absolute Gasteiger partial charge is 0.322 e. The summed E-state index contributed by atoms with van der Waals surface area (Å²) in [4.78, 5) is 5.42. The zero-order chi connectivity index (χ0) is 11.5. The van der Waals surface area contributed by atoms with Crippen LogP contribution in [0.25, 0.3) is 10.7 Å². The van der Waals surface area contributed by atoms with Gasteiger partial charge in [-0.3, -0.25) is 0 Å². The lowest BCUT2D eigenvalue weighted by Gasteiger charge is -2.21. The first-order valence-electron chi connectivity index (χ1n) is 6.06. The highest BCUT2D eigenvalue weighted by molar-refractivity contribution is 7.13. The number of thiophene rings is 1. The third-order valence-electron chi connectivity index (χ3n) is 3.10. The molecule has 17 heavy (non-hydrogen) atoms. The Kier molecular flexibility index (Phi) is 3.09. The Morgan fingerprint density at radius 1 is 1.29 bits per heavy atom. The van der Waals surface area contributed by atoms with Crippen molar-refractivity contribution in [1.29, 1.82) is 0 Å². The van der Waals surface area contributed by atoms with Crippen LogP contribution >= 0.6 is 11.3 Å². The summed E-state index contributed by atoms with van der Waals surface area (Å²) in [5, 5.41) is 9.33. The van der Waals surface area contributed by atoms with Gasteiger partial charge in [-0.15, -0.1) is 11.3 Å². The van der Waals surface area contributed by atoms with Crippen LogP contribution in [0.15, 0.2) is 22.0 Å². The Morgan fingerprint density at radius 3 is 2.94 bits per heavy atom. The van der Waals surface area contributed by atoms with Crippen LogP contribution in [0.5, 0.6) is 0 Å². The lowest BCUT2D eigenvalue weighted by atomic mass is 9.96. The molecule has 1 fully saturated rings. The number of hydrogen-bond donors (Lipinski definition) is 1. The van der Waals surface area contributed by atoms with Gasteiger partial charge in [-0.2, -0.15) is 4.98 Å². The average molecular weight is 249 g/mol. The van der Waals surface area contributed by atoms with Crippen LogP contribution in [-0.4, -0.2) is 16.2 Å². The highest BCUT2D eigenvalue weighted by atomic mass is 32.1. The van der Waals surface area contributed by atoms with E-state index in [1.165, 1.54) is 32.1 Å². The second-order valence-corrected chi connectivity index (χ2v) is 5.33. The van der Waals surface area contributed by atoms with Gasteiger partial charge in [0.2, 0.25) is 5.82 Å². The molecule has 4 nitrogen and oxygen atoms in total. The van der Waals surface area contributed by atoms with Crippen molar-refractivity contribution in [2.24, 2.45) is 0 Å². The zero-order valence-electron chi connectivity index (χ0n) is 9.56. The molecule has 3 rings (SSSR count). The summed E-state index contributed by atoms with van der Waals surface area (Å²) >= 11 is 1.62. The SMILES string of the molecule is c1csc(-c2noc(NC3CCCCC3)n2)c1. The minimum Gasteiger partial charge on any atom is -0.335 e. The van der Waals surface area contributed by atoms with Crippen LogP contribution in [0.1, 0.15) is 32.1 Å². The monoisotopic (exact) mass is 249 g/mol. The molecule has 90 valence electrons. The van der Waals surface area contributed by atoms with Crippen molar-refractivity contribution >= 4 is 17.4 Å². The third kappa shape index (κ3) is 2.49. The van der Waals surface area contributed by atoms with Crippen molar-refractivity contribution in [1.82, 2.24) is 10.1 Å². The van der Waals surface area contributed by atoms with Gasteiger partial charge in [-0.25, -0.2) is 0 Å². The molecular weight excluding hydrogens is 234 g/mol. The first kappa shape index (κ1) is 10.8. The van der Waals surface area contributed by atoms with E-state index in [9.17, 15) is 0 Å². The standard InChI is InChI=1S/C12H15N3OS/c1-2-5-9(6-3-1)13-12-14-11(15-16-12)10-7-4-8-17-10/h4,7-9H,1-3,5-6H2,(H,13,14,15). The van der Waals surface area contributed by atoms with Crippen LogP contribution < -0.4 is 5.32 Å². The van der Waals surface area contributed by atoms with Gasteiger partial charge < -0.3 is 9.84 Å². The summed E-state index contributed by atoms with van der Waals surface area (Å²) in [6.45, 7) is 0. The maximum Gasteiger partial charge on any atom is 0.322 e. The summed E-state index contributed by atoms with van der Waals surface area (Å²) in [7, 11) is 0. The van der Waals surface area contributed by atoms with E-state index >= 15 is 0 Å². The lowest BCUT2D eigenvalue weighted by Crippen LogP contribution is -2.22. The van der Waals surface area contributed by atoms with Crippen molar-refractivity contribution in [3.8, 4) is 10.7 Å². The van der Waals surface area contributed by atoms with Gasteiger partial charge >= 0.3 is 6.01 Å². The number of nitrogens with one attached hydrogen (secondary N) is 1. The van der Waals surface area contributed by atoms with Crippen molar-refractivity contribution < 1.29 is 4.52 Å². The Balaban J connectivity index is 1.68. The van der Waals surface area contributed by atoms with E-state index in [0.717, 1.165) is 4.88 Å². The molecule has 0 atom stereocenters. The first-order chi connectivity index (χ1) is 8.42. The molecule has 1 N–H and O–H groups in total. The molecule has 0 bridgehead atoms. The molecule has 5 heteroatoms. The highest BCUT2D eigenvalue weighted by Crippen LogP contribution is 2.24. The molecule has 0 amide bonds. The molecule has 0 aliphatic heterocycles. The maximum absolute atomic E-state index is 5.23. The number of aromatic nitrogens is 2. The van der Waals surface area contributed by atoms with Crippen LogP contribution in [0.2, 0.25) is 0 Å². The second kappa shape index (κ2) is 4.87. The summed E-state index contributed by atoms with van der Waals surface area (Å²) in [6.07, 6.45) is 6.35. The van der Waals surface area contributed by atoms with Crippen LogP contribution in [-0.2, 0) is 0 Å². The zero-order valence-corrected chi connectivity index (χ0v) is 10.4. The molecule has 0 aromatic carbocycles. The van der Waals surface area contributed by atoms with E-state index < -0.39 is 0 Å². The Bertz CT molecular complexity index is 460. The number of nitrogens with zero attached hydrogens (tertiary/aromatic N) is 2. The van der Waals surface area contributed by atoms with E-state index in [1.807, 2.05) is 17.5 Å². The fourth-order valence-electron chi connectivity index (χ4n) is 2.21.